The number of aromatic nitrogens is 2. The molecule has 0 saturated heterocycles. The van der Waals surface area contributed by atoms with E-state index in [0.29, 0.717) is 5.69 Å². The van der Waals surface area contributed by atoms with Crippen molar-refractivity contribution in [1.29, 1.82) is 0 Å². The summed E-state index contributed by atoms with van der Waals surface area (Å²) >= 11 is 0. The molecule has 1 aromatic heterocycles. The molecule has 5 nitrogen and oxygen atoms in total. The van der Waals surface area contributed by atoms with Crippen LogP contribution in [0.3, 0.4) is 0 Å². The number of hydrogen-bond acceptors (Lipinski definition) is 4. The number of ether oxygens (including phenoxy) is 1. The Morgan fingerprint density at radius 1 is 1.37 bits per heavy atom. The summed E-state index contributed by atoms with van der Waals surface area (Å²) in [5, 5.41) is 3.33. The van der Waals surface area contributed by atoms with Crippen molar-refractivity contribution >= 4 is 11.4 Å². The maximum absolute atomic E-state index is 5.87. The zero-order valence-electron chi connectivity index (χ0n) is 11.3. The number of benzene rings is 1. The number of nitrogen functional groups attached to an aromatic ring is 1. The Labute approximate surface area is 113 Å². The fourth-order valence-electron chi connectivity index (χ4n) is 1.83. The summed E-state index contributed by atoms with van der Waals surface area (Å²) in [6.45, 7) is 4.80. The Balaban J connectivity index is 1.93. The molecule has 0 saturated carbocycles. The van der Waals surface area contributed by atoms with Crippen molar-refractivity contribution in [2.24, 2.45) is 0 Å². The predicted molar refractivity (Wildman–Crippen MR) is 77.4 cm³/mol. The molecule has 0 aliphatic carbocycles. The van der Waals surface area contributed by atoms with Crippen molar-refractivity contribution in [1.82, 2.24) is 9.97 Å². The van der Waals surface area contributed by atoms with E-state index in [1.165, 1.54) is 0 Å². The van der Waals surface area contributed by atoms with Gasteiger partial charge in [0, 0.05) is 48.4 Å². The lowest BCUT2D eigenvalue weighted by Crippen LogP contribution is -2.08. The highest BCUT2D eigenvalue weighted by Gasteiger charge is 2.02. The minimum Gasteiger partial charge on any atom is -0.491 e. The molecule has 0 unspecified atom stereocenters. The van der Waals surface area contributed by atoms with E-state index >= 15 is 0 Å². The Morgan fingerprint density at radius 3 is 2.89 bits per heavy atom. The molecule has 0 aliphatic rings. The minimum atomic E-state index is 0.139. The largest absolute Gasteiger partial charge is 0.491 e. The smallest absolute Gasteiger partial charge is 0.123 e. The zero-order chi connectivity index (χ0) is 13.7. The Hall–Kier alpha value is -2.17. The fourth-order valence-corrected chi connectivity index (χ4v) is 1.83. The molecule has 2 aromatic rings. The van der Waals surface area contributed by atoms with E-state index in [9.17, 15) is 0 Å². The average molecular weight is 260 g/mol. The van der Waals surface area contributed by atoms with Crippen LogP contribution in [0.1, 0.15) is 19.5 Å². The van der Waals surface area contributed by atoms with Crippen LogP contribution in [0.5, 0.6) is 5.75 Å². The Kier molecular flexibility index (Phi) is 4.28. The molecule has 0 aliphatic heterocycles. The second-order valence-corrected chi connectivity index (χ2v) is 4.71. The standard InChI is InChI=1S/C14H20N4O/c1-10(2)19-14-6-11(15)5-13(7-14)17-4-3-12-8-16-9-18-12/h5-10,17H,3-4,15H2,1-2H3,(H,16,18). The molecule has 0 fully saturated rings. The van der Waals surface area contributed by atoms with Crippen LogP contribution in [0, 0.1) is 0 Å². The van der Waals surface area contributed by atoms with Crippen molar-refractivity contribution in [3.8, 4) is 5.75 Å². The van der Waals surface area contributed by atoms with Gasteiger partial charge in [-0.25, -0.2) is 4.98 Å². The molecule has 0 radical (unpaired) electrons. The molecule has 4 N–H and O–H groups in total. The average Bonchev–Trinajstić information content (AvgIpc) is 2.80. The van der Waals surface area contributed by atoms with E-state index in [0.717, 1.165) is 30.1 Å². The molecular weight excluding hydrogens is 240 g/mol. The quantitative estimate of drug-likeness (QED) is 0.697. The van der Waals surface area contributed by atoms with Crippen LogP contribution < -0.4 is 15.8 Å². The monoisotopic (exact) mass is 260 g/mol. The van der Waals surface area contributed by atoms with Crippen molar-refractivity contribution < 1.29 is 4.74 Å². The highest BCUT2D eigenvalue weighted by Crippen LogP contribution is 2.23. The summed E-state index contributed by atoms with van der Waals surface area (Å²) in [5.41, 5.74) is 8.64. The Bertz CT molecular complexity index is 508. The molecule has 1 aromatic carbocycles. The molecule has 0 bridgehead atoms. The van der Waals surface area contributed by atoms with Gasteiger partial charge in [-0.05, 0) is 19.9 Å². The first-order chi connectivity index (χ1) is 9.13. The molecule has 102 valence electrons. The third kappa shape index (κ3) is 4.21. The number of nitrogens with one attached hydrogen (secondary N) is 2. The van der Waals surface area contributed by atoms with E-state index < -0.39 is 0 Å². The van der Waals surface area contributed by atoms with Crippen LogP contribution in [0.4, 0.5) is 11.4 Å². The van der Waals surface area contributed by atoms with Crippen molar-refractivity contribution in [2.75, 3.05) is 17.6 Å². The van der Waals surface area contributed by atoms with Gasteiger partial charge < -0.3 is 20.8 Å². The van der Waals surface area contributed by atoms with E-state index in [4.69, 9.17) is 10.5 Å². The summed E-state index contributed by atoms with van der Waals surface area (Å²) in [7, 11) is 0. The van der Waals surface area contributed by atoms with Crippen LogP contribution >= 0.6 is 0 Å². The van der Waals surface area contributed by atoms with Crippen LogP contribution in [-0.4, -0.2) is 22.6 Å². The number of rotatable bonds is 6. The topological polar surface area (TPSA) is 76.0 Å². The van der Waals surface area contributed by atoms with Gasteiger partial charge in [-0.15, -0.1) is 0 Å². The van der Waals surface area contributed by atoms with E-state index in [1.54, 1.807) is 6.33 Å². The number of nitrogens with zero attached hydrogens (tertiary/aromatic N) is 1. The van der Waals surface area contributed by atoms with Gasteiger partial charge in [0.25, 0.3) is 0 Å². The molecule has 0 amide bonds. The second kappa shape index (κ2) is 6.13. The van der Waals surface area contributed by atoms with Gasteiger partial charge in [0.05, 0.1) is 12.4 Å². The summed E-state index contributed by atoms with van der Waals surface area (Å²) < 4.78 is 5.65. The van der Waals surface area contributed by atoms with Crippen molar-refractivity contribution in [3.05, 3.63) is 36.4 Å². The lowest BCUT2D eigenvalue weighted by molar-refractivity contribution is 0.242. The second-order valence-electron chi connectivity index (χ2n) is 4.71. The van der Waals surface area contributed by atoms with Crippen LogP contribution in [0.2, 0.25) is 0 Å². The lowest BCUT2D eigenvalue weighted by atomic mass is 10.2. The number of hydrogen-bond donors (Lipinski definition) is 3. The van der Waals surface area contributed by atoms with Crippen LogP contribution in [0.15, 0.2) is 30.7 Å². The molecule has 1 heterocycles. The summed E-state index contributed by atoms with van der Waals surface area (Å²) in [5.74, 6) is 0.791. The zero-order valence-corrected chi connectivity index (χ0v) is 11.3. The molecule has 2 rings (SSSR count). The van der Waals surface area contributed by atoms with Crippen molar-refractivity contribution in [3.63, 3.8) is 0 Å². The van der Waals surface area contributed by atoms with Gasteiger partial charge in [-0.1, -0.05) is 0 Å². The number of anilines is 2. The van der Waals surface area contributed by atoms with Crippen LogP contribution in [-0.2, 0) is 6.42 Å². The first-order valence-corrected chi connectivity index (χ1v) is 6.42. The van der Waals surface area contributed by atoms with E-state index in [2.05, 4.69) is 15.3 Å². The normalized spacial score (nSPS) is 10.7. The van der Waals surface area contributed by atoms with Gasteiger partial charge in [-0.2, -0.15) is 0 Å². The molecule has 0 atom stereocenters. The molecule has 0 spiro atoms. The summed E-state index contributed by atoms with van der Waals surface area (Å²) in [6.07, 6.45) is 4.54. The predicted octanol–water partition coefficient (Wildman–Crippen LogP) is 2.43. The molecule has 19 heavy (non-hydrogen) atoms. The van der Waals surface area contributed by atoms with Gasteiger partial charge in [0.1, 0.15) is 5.75 Å². The van der Waals surface area contributed by atoms with E-state index in [-0.39, 0.29) is 6.10 Å². The maximum atomic E-state index is 5.87. The molecule has 5 heteroatoms. The first kappa shape index (κ1) is 13.3. The van der Waals surface area contributed by atoms with Gasteiger partial charge in [-0.3, -0.25) is 0 Å². The van der Waals surface area contributed by atoms with Gasteiger partial charge in [0.15, 0.2) is 0 Å². The summed E-state index contributed by atoms with van der Waals surface area (Å²) in [6, 6.07) is 5.70. The van der Waals surface area contributed by atoms with Crippen LogP contribution in [0.25, 0.3) is 0 Å². The number of aromatic amines is 1. The third-order valence-corrected chi connectivity index (χ3v) is 2.58. The third-order valence-electron chi connectivity index (χ3n) is 2.58. The highest BCUT2D eigenvalue weighted by molar-refractivity contribution is 5.59. The lowest BCUT2D eigenvalue weighted by Gasteiger charge is -2.13. The highest BCUT2D eigenvalue weighted by atomic mass is 16.5. The van der Waals surface area contributed by atoms with Gasteiger partial charge in [0.2, 0.25) is 0 Å². The molecular formula is C14H20N4O. The summed E-state index contributed by atoms with van der Waals surface area (Å²) in [4.78, 5) is 7.06. The first-order valence-electron chi connectivity index (χ1n) is 6.42. The van der Waals surface area contributed by atoms with Crippen molar-refractivity contribution in [2.45, 2.75) is 26.4 Å². The fraction of sp³-hybridized carbons (Fsp3) is 0.357. The SMILES string of the molecule is CC(C)Oc1cc(N)cc(NCCc2cnc[nH]2)c1. The maximum Gasteiger partial charge on any atom is 0.123 e. The van der Waals surface area contributed by atoms with E-state index in [1.807, 2.05) is 38.2 Å². The Morgan fingerprint density at radius 2 is 2.21 bits per heavy atom. The van der Waals surface area contributed by atoms with Gasteiger partial charge >= 0.3 is 0 Å². The number of imidazole rings is 1. The minimum absolute atomic E-state index is 0.139. The number of H-pyrrole nitrogens is 1. The number of nitrogens with two attached hydrogens (primary N) is 1.